The molecule has 0 aromatic rings. The Kier molecular flexibility index (Phi) is 8.33. The summed E-state index contributed by atoms with van der Waals surface area (Å²) in [5.41, 5.74) is -0.241. The van der Waals surface area contributed by atoms with Gasteiger partial charge in [0.2, 0.25) is 0 Å². The molecule has 0 N–H and O–H groups in total. The molecular formula is C18H37NO3. The predicted molar refractivity (Wildman–Crippen MR) is 91.4 cm³/mol. The average molecular weight is 315 g/mol. The van der Waals surface area contributed by atoms with E-state index in [9.17, 15) is 0 Å². The molecule has 1 rings (SSSR count). The zero-order valence-corrected chi connectivity index (χ0v) is 15.6. The van der Waals surface area contributed by atoms with Crippen LogP contribution in [0.25, 0.3) is 0 Å². The average Bonchev–Trinajstić information content (AvgIpc) is 2.45. The number of hydrogen-bond donors (Lipinski definition) is 0. The first kappa shape index (κ1) is 19.9. The van der Waals surface area contributed by atoms with Crippen LogP contribution in [0.15, 0.2) is 0 Å². The van der Waals surface area contributed by atoms with E-state index in [0.29, 0.717) is 6.10 Å². The van der Waals surface area contributed by atoms with Gasteiger partial charge in [-0.15, -0.1) is 0 Å². The van der Waals surface area contributed by atoms with Gasteiger partial charge in [-0.3, -0.25) is 0 Å². The Morgan fingerprint density at radius 1 is 0.955 bits per heavy atom. The van der Waals surface area contributed by atoms with Gasteiger partial charge in [-0.2, -0.15) is 0 Å². The number of ether oxygens (including phenoxy) is 3. The van der Waals surface area contributed by atoms with E-state index in [1.165, 1.54) is 0 Å². The van der Waals surface area contributed by atoms with Crippen molar-refractivity contribution in [2.24, 2.45) is 0 Å². The summed E-state index contributed by atoms with van der Waals surface area (Å²) in [5, 5.41) is 0. The lowest BCUT2D eigenvalue weighted by Crippen LogP contribution is -2.41. The first-order valence-electron chi connectivity index (χ1n) is 8.81. The molecular weight excluding hydrogens is 278 g/mol. The van der Waals surface area contributed by atoms with Crippen molar-refractivity contribution in [1.29, 1.82) is 0 Å². The molecule has 1 aliphatic rings. The van der Waals surface area contributed by atoms with Crippen molar-refractivity contribution in [1.82, 2.24) is 4.90 Å². The maximum Gasteiger partial charge on any atom is 0.0652 e. The normalized spacial score (nSPS) is 18.8. The van der Waals surface area contributed by atoms with Crippen molar-refractivity contribution in [2.45, 2.75) is 77.6 Å². The molecule has 1 fully saturated rings. The van der Waals surface area contributed by atoms with Gasteiger partial charge in [0.05, 0.1) is 23.9 Å². The summed E-state index contributed by atoms with van der Waals surface area (Å²) in [4.78, 5) is 2.49. The second-order valence-electron chi connectivity index (χ2n) is 7.61. The number of likely N-dealkylation sites (tertiary alicyclic amines) is 1. The van der Waals surface area contributed by atoms with E-state index in [0.717, 1.165) is 58.5 Å². The van der Waals surface area contributed by atoms with Crippen LogP contribution in [0.4, 0.5) is 0 Å². The van der Waals surface area contributed by atoms with Crippen LogP contribution in [0.2, 0.25) is 0 Å². The van der Waals surface area contributed by atoms with Crippen molar-refractivity contribution in [3.05, 3.63) is 0 Å². The number of methoxy groups -OCH3 is 1. The maximum atomic E-state index is 6.34. The molecule has 0 aromatic carbocycles. The molecule has 4 nitrogen and oxygen atoms in total. The molecule has 0 spiro atoms. The minimum atomic E-state index is -0.126. The highest BCUT2D eigenvalue weighted by molar-refractivity contribution is 4.78. The predicted octanol–water partition coefficient (Wildman–Crippen LogP) is 3.49. The van der Waals surface area contributed by atoms with Crippen molar-refractivity contribution in [3.63, 3.8) is 0 Å². The molecule has 0 unspecified atom stereocenters. The van der Waals surface area contributed by atoms with Crippen LogP contribution in [0, 0.1) is 0 Å². The first-order chi connectivity index (χ1) is 10.3. The molecule has 0 bridgehead atoms. The standard InChI is InChI=1S/C18H37NO3/c1-7-19-12-8-16(9-13-19)22-18(4,5)11-15-21-17(2,3)10-14-20-6/h16H,7-15H2,1-6H3. The van der Waals surface area contributed by atoms with Crippen molar-refractivity contribution < 1.29 is 14.2 Å². The lowest BCUT2D eigenvalue weighted by Gasteiger charge is -2.37. The quantitative estimate of drug-likeness (QED) is 0.617. The molecule has 1 saturated heterocycles. The second kappa shape index (κ2) is 9.21. The van der Waals surface area contributed by atoms with E-state index in [4.69, 9.17) is 14.2 Å². The van der Waals surface area contributed by atoms with Gasteiger partial charge in [0.15, 0.2) is 0 Å². The van der Waals surface area contributed by atoms with Crippen LogP contribution in [-0.2, 0) is 14.2 Å². The van der Waals surface area contributed by atoms with Gasteiger partial charge < -0.3 is 19.1 Å². The van der Waals surface area contributed by atoms with Crippen LogP contribution in [0.5, 0.6) is 0 Å². The molecule has 1 aliphatic heterocycles. The zero-order chi connectivity index (χ0) is 16.6. The number of hydrogen-bond acceptors (Lipinski definition) is 4. The van der Waals surface area contributed by atoms with Gasteiger partial charge in [-0.25, -0.2) is 0 Å². The third-order valence-electron chi connectivity index (χ3n) is 4.57. The largest absolute Gasteiger partial charge is 0.385 e. The lowest BCUT2D eigenvalue weighted by atomic mass is 10.0. The van der Waals surface area contributed by atoms with Gasteiger partial charge in [0.1, 0.15) is 0 Å². The molecule has 132 valence electrons. The van der Waals surface area contributed by atoms with E-state index in [-0.39, 0.29) is 11.2 Å². The van der Waals surface area contributed by atoms with E-state index < -0.39 is 0 Å². The monoisotopic (exact) mass is 315 g/mol. The Balaban J connectivity index is 2.26. The van der Waals surface area contributed by atoms with Crippen molar-refractivity contribution in [3.8, 4) is 0 Å². The molecule has 4 heteroatoms. The van der Waals surface area contributed by atoms with Crippen LogP contribution in [0.1, 0.15) is 60.3 Å². The fourth-order valence-corrected chi connectivity index (χ4v) is 2.85. The first-order valence-corrected chi connectivity index (χ1v) is 8.81. The molecule has 0 atom stereocenters. The van der Waals surface area contributed by atoms with Gasteiger partial charge in [0.25, 0.3) is 0 Å². The van der Waals surface area contributed by atoms with Gasteiger partial charge >= 0.3 is 0 Å². The number of piperidine rings is 1. The molecule has 0 radical (unpaired) electrons. The molecule has 22 heavy (non-hydrogen) atoms. The molecule has 0 aromatic heterocycles. The van der Waals surface area contributed by atoms with Gasteiger partial charge in [0, 0.05) is 26.8 Å². The minimum absolute atomic E-state index is 0.115. The van der Waals surface area contributed by atoms with Crippen molar-refractivity contribution >= 4 is 0 Å². The number of rotatable bonds is 10. The summed E-state index contributed by atoms with van der Waals surface area (Å²) in [5.74, 6) is 0. The number of nitrogens with zero attached hydrogens (tertiary/aromatic N) is 1. The van der Waals surface area contributed by atoms with E-state index in [1.807, 2.05) is 0 Å². The Morgan fingerprint density at radius 2 is 1.55 bits per heavy atom. The molecule has 0 aliphatic carbocycles. The minimum Gasteiger partial charge on any atom is -0.385 e. The smallest absolute Gasteiger partial charge is 0.0652 e. The van der Waals surface area contributed by atoms with Gasteiger partial charge in [-0.1, -0.05) is 6.92 Å². The summed E-state index contributed by atoms with van der Waals surface area (Å²) in [6.45, 7) is 15.8. The van der Waals surface area contributed by atoms with Crippen LogP contribution in [0.3, 0.4) is 0 Å². The Labute approximate surface area is 137 Å². The molecule has 0 saturated carbocycles. The highest BCUT2D eigenvalue weighted by Crippen LogP contribution is 2.24. The van der Waals surface area contributed by atoms with Crippen LogP contribution >= 0.6 is 0 Å². The third kappa shape index (κ3) is 7.91. The maximum absolute atomic E-state index is 6.34. The molecule has 0 amide bonds. The fraction of sp³-hybridized carbons (Fsp3) is 1.00. The Bertz CT molecular complexity index is 297. The summed E-state index contributed by atoms with van der Waals surface area (Å²) in [6, 6.07) is 0. The second-order valence-corrected chi connectivity index (χ2v) is 7.61. The van der Waals surface area contributed by atoms with E-state index >= 15 is 0 Å². The zero-order valence-electron chi connectivity index (χ0n) is 15.6. The highest BCUT2D eigenvalue weighted by atomic mass is 16.5. The van der Waals surface area contributed by atoms with Crippen molar-refractivity contribution in [2.75, 3.05) is 40.0 Å². The third-order valence-corrected chi connectivity index (χ3v) is 4.57. The van der Waals surface area contributed by atoms with E-state index in [2.05, 4.69) is 39.5 Å². The fourth-order valence-electron chi connectivity index (χ4n) is 2.85. The summed E-state index contributed by atoms with van der Waals surface area (Å²) in [6.07, 6.45) is 4.55. The van der Waals surface area contributed by atoms with E-state index in [1.54, 1.807) is 7.11 Å². The summed E-state index contributed by atoms with van der Waals surface area (Å²) in [7, 11) is 1.73. The topological polar surface area (TPSA) is 30.9 Å². The SMILES string of the molecule is CCN1CCC(OC(C)(C)CCOC(C)(C)CCOC)CC1. The van der Waals surface area contributed by atoms with Crippen LogP contribution in [-0.4, -0.2) is 62.2 Å². The Hall–Kier alpha value is -0.160. The highest BCUT2D eigenvalue weighted by Gasteiger charge is 2.27. The van der Waals surface area contributed by atoms with Crippen LogP contribution < -0.4 is 0 Å². The lowest BCUT2D eigenvalue weighted by molar-refractivity contribution is -0.117. The summed E-state index contributed by atoms with van der Waals surface area (Å²) >= 11 is 0. The summed E-state index contributed by atoms with van der Waals surface area (Å²) < 4.78 is 17.5. The van der Waals surface area contributed by atoms with Gasteiger partial charge in [-0.05, 0) is 59.9 Å². The molecule has 1 heterocycles. The Morgan fingerprint density at radius 3 is 2.09 bits per heavy atom.